The number of benzene rings is 1. The van der Waals surface area contributed by atoms with Gasteiger partial charge in [0.05, 0.1) is 13.2 Å². The minimum Gasteiger partial charge on any atom is -0.493 e. The second-order valence-corrected chi connectivity index (χ2v) is 7.27. The van der Waals surface area contributed by atoms with Crippen LogP contribution in [-0.2, 0) is 16.0 Å². The summed E-state index contributed by atoms with van der Waals surface area (Å²) in [7, 11) is 0. The molecule has 152 valence electrons. The molecule has 1 aromatic heterocycles. The largest absolute Gasteiger partial charge is 0.493 e. The van der Waals surface area contributed by atoms with E-state index in [1.54, 1.807) is 19.1 Å². The highest BCUT2D eigenvalue weighted by atomic mass is 16.5. The number of piperazine rings is 1. The van der Waals surface area contributed by atoms with Crippen LogP contribution in [0.25, 0.3) is 6.08 Å². The Hall–Kier alpha value is -3.13. The Morgan fingerprint density at radius 2 is 2.03 bits per heavy atom. The maximum atomic E-state index is 12.5. The van der Waals surface area contributed by atoms with Crippen LogP contribution in [0.3, 0.4) is 0 Å². The molecule has 0 atom stereocenters. The molecule has 8 nitrogen and oxygen atoms in total. The Bertz CT molecular complexity index is 929. The molecule has 0 bridgehead atoms. The Morgan fingerprint density at radius 1 is 1.21 bits per heavy atom. The van der Waals surface area contributed by atoms with Gasteiger partial charge in [-0.25, -0.2) is 0 Å². The zero-order valence-corrected chi connectivity index (χ0v) is 16.4. The van der Waals surface area contributed by atoms with Crippen molar-refractivity contribution in [1.29, 1.82) is 0 Å². The molecule has 2 aliphatic rings. The summed E-state index contributed by atoms with van der Waals surface area (Å²) in [6.45, 7) is 5.26. The quantitative estimate of drug-likeness (QED) is 0.775. The number of amides is 2. The topological polar surface area (TPSA) is 87.9 Å². The lowest BCUT2D eigenvalue weighted by atomic mass is 10.1. The number of nitrogens with one attached hydrogen (secondary N) is 1. The number of carbonyl (C=O) groups excluding carboxylic acids is 2. The van der Waals surface area contributed by atoms with Crippen LogP contribution in [0.5, 0.6) is 5.75 Å². The number of carbonyl (C=O) groups is 2. The molecule has 0 saturated carbocycles. The van der Waals surface area contributed by atoms with Crippen molar-refractivity contribution < 1.29 is 18.8 Å². The summed E-state index contributed by atoms with van der Waals surface area (Å²) < 4.78 is 10.4. The smallest absolute Gasteiger partial charge is 0.246 e. The van der Waals surface area contributed by atoms with Gasteiger partial charge in [0.2, 0.25) is 11.8 Å². The summed E-state index contributed by atoms with van der Waals surface area (Å²) in [4.78, 5) is 28.4. The van der Waals surface area contributed by atoms with Gasteiger partial charge in [-0.05, 0) is 36.3 Å². The van der Waals surface area contributed by atoms with Crippen molar-refractivity contribution in [3.63, 3.8) is 0 Å². The lowest BCUT2D eigenvalue weighted by Gasteiger charge is -2.33. The maximum absolute atomic E-state index is 12.5. The molecule has 0 unspecified atom stereocenters. The van der Waals surface area contributed by atoms with Crippen LogP contribution in [-0.4, -0.2) is 66.1 Å². The highest BCUT2D eigenvalue weighted by molar-refractivity contribution is 5.92. The normalized spacial score (nSPS) is 16.7. The lowest BCUT2D eigenvalue weighted by Crippen LogP contribution is -2.50. The first-order valence-corrected chi connectivity index (χ1v) is 9.75. The molecule has 3 heterocycles. The second kappa shape index (κ2) is 8.48. The highest BCUT2D eigenvalue weighted by Crippen LogP contribution is 2.26. The highest BCUT2D eigenvalue weighted by Gasteiger charge is 2.21. The molecule has 2 aromatic rings. The van der Waals surface area contributed by atoms with Crippen LogP contribution in [0.4, 0.5) is 5.82 Å². The van der Waals surface area contributed by atoms with Crippen molar-refractivity contribution in [1.82, 2.24) is 15.0 Å². The number of aryl methyl sites for hydroxylation is 1. The van der Waals surface area contributed by atoms with E-state index in [-0.39, 0.29) is 18.4 Å². The summed E-state index contributed by atoms with van der Waals surface area (Å²) in [5.41, 5.74) is 2.19. The Morgan fingerprint density at radius 3 is 2.79 bits per heavy atom. The number of rotatable bonds is 5. The molecule has 0 radical (unpaired) electrons. The van der Waals surface area contributed by atoms with Crippen molar-refractivity contribution in [3.05, 3.63) is 47.2 Å². The van der Waals surface area contributed by atoms with Crippen LogP contribution in [0.15, 0.2) is 34.9 Å². The van der Waals surface area contributed by atoms with Gasteiger partial charge in [0.1, 0.15) is 11.5 Å². The van der Waals surface area contributed by atoms with Gasteiger partial charge in [0.25, 0.3) is 0 Å². The molecule has 0 aliphatic carbocycles. The fourth-order valence-corrected chi connectivity index (χ4v) is 3.52. The standard InChI is InChI=1S/C21H24N4O4/c1-15-12-19(23-29-15)22-20(26)14-24-7-9-25(10-8-24)21(27)5-3-16-2-4-18-17(13-16)6-11-28-18/h2-5,12-13H,6-11,14H2,1H3,(H,22,23,26)/b5-3+. The Labute approximate surface area is 169 Å². The third-order valence-electron chi connectivity index (χ3n) is 5.08. The van der Waals surface area contributed by atoms with Crippen molar-refractivity contribution in [2.24, 2.45) is 0 Å². The number of ether oxygens (including phenoxy) is 1. The van der Waals surface area contributed by atoms with Crippen LogP contribution >= 0.6 is 0 Å². The molecule has 4 rings (SSSR count). The summed E-state index contributed by atoms with van der Waals surface area (Å²) in [5.74, 6) is 1.85. The van der Waals surface area contributed by atoms with Gasteiger partial charge in [-0.3, -0.25) is 14.5 Å². The van der Waals surface area contributed by atoms with Gasteiger partial charge < -0.3 is 19.5 Å². The minimum absolute atomic E-state index is 0.0103. The van der Waals surface area contributed by atoms with Crippen molar-refractivity contribution in [2.45, 2.75) is 13.3 Å². The molecule has 0 spiro atoms. The van der Waals surface area contributed by atoms with E-state index in [9.17, 15) is 9.59 Å². The van der Waals surface area contributed by atoms with Crippen molar-refractivity contribution >= 4 is 23.7 Å². The monoisotopic (exact) mass is 396 g/mol. The predicted octanol–water partition coefficient (Wildman–Crippen LogP) is 1.71. The Balaban J connectivity index is 1.23. The van der Waals surface area contributed by atoms with E-state index >= 15 is 0 Å². The SMILES string of the molecule is Cc1cc(NC(=O)CN2CCN(C(=O)/C=C/c3ccc4c(c3)CCO4)CC2)no1. The van der Waals surface area contributed by atoms with Crippen molar-refractivity contribution in [3.8, 4) is 5.75 Å². The van der Waals surface area contributed by atoms with Gasteiger partial charge >= 0.3 is 0 Å². The second-order valence-electron chi connectivity index (χ2n) is 7.27. The third-order valence-corrected chi connectivity index (χ3v) is 5.08. The average Bonchev–Trinajstić information content (AvgIpc) is 3.34. The average molecular weight is 396 g/mol. The summed E-state index contributed by atoms with van der Waals surface area (Å²) >= 11 is 0. The van der Waals surface area contributed by atoms with Gasteiger partial charge in [-0.1, -0.05) is 11.2 Å². The molecule has 1 fully saturated rings. The molecule has 2 aliphatic heterocycles. The molecule has 8 heteroatoms. The number of fused-ring (bicyclic) bond motifs is 1. The third kappa shape index (κ3) is 4.83. The molecule has 1 saturated heterocycles. The number of nitrogens with zero attached hydrogens (tertiary/aromatic N) is 3. The molecule has 1 N–H and O–H groups in total. The van der Waals surface area contributed by atoms with Crippen LogP contribution < -0.4 is 10.1 Å². The fourth-order valence-electron chi connectivity index (χ4n) is 3.52. The van der Waals surface area contributed by atoms with Gasteiger partial charge in [-0.15, -0.1) is 0 Å². The van der Waals surface area contributed by atoms with Gasteiger partial charge in [0, 0.05) is 44.7 Å². The molecule has 2 amide bonds. The summed E-state index contributed by atoms with van der Waals surface area (Å²) in [6.07, 6.45) is 4.38. The molecule has 1 aromatic carbocycles. The van der Waals surface area contributed by atoms with E-state index in [2.05, 4.69) is 16.5 Å². The van der Waals surface area contributed by atoms with Crippen LogP contribution in [0.2, 0.25) is 0 Å². The molecular weight excluding hydrogens is 372 g/mol. The van der Waals surface area contributed by atoms with E-state index in [0.29, 0.717) is 37.8 Å². The predicted molar refractivity (Wildman–Crippen MR) is 108 cm³/mol. The number of aromatic nitrogens is 1. The fraction of sp³-hybridized carbons (Fsp3) is 0.381. The lowest BCUT2D eigenvalue weighted by molar-refractivity contribution is -0.127. The summed E-state index contributed by atoms with van der Waals surface area (Å²) in [6, 6.07) is 7.66. The first-order valence-electron chi connectivity index (χ1n) is 9.75. The minimum atomic E-state index is -0.140. The summed E-state index contributed by atoms with van der Waals surface area (Å²) in [5, 5.41) is 6.47. The first-order chi connectivity index (χ1) is 14.1. The maximum Gasteiger partial charge on any atom is 0.246 e. The first kappa shape index (κ1) is 19.2. The van der Waals surface area contributed by atoms with E-state index in [1.165, 1.54) is 5.56 Å². The van der Waals surface area contributed by atoms with E-state index in [4.69, 9.17) is 9.26 Å². The van der Waals surface area contributed by atoms with Crippen LogP contribution in [0.1, 0.15) is 16.9 Å². The zero-order chi connectivity index (χ0) is 20.2. The zero-order valence-electron chi connectivity index (χ0n) is 16.4. The molecule has 29 heavy (non-hydrogen) atoms. The van der Waals surface area contributed by atoms with Crippen LogP contribution in [0, 0.1) is 6.92 Å². The van der Waals surface area contributed by atoms with E-state index in [0.717, 1.165) is 24.3 Å². The Kier molecular flexibility index (Phi) is 5.62. The van der Waals surface area contributed by atoms with E-state index in [1.807, 2.05) is 28.0 Å². The number of anilines is 1. The van der Waals surface area contributed by atoms with Crippen molar-refractivity contribution in [2.75, 3.05) is 44.6 Å². The van der Waals surface area contributed by atoms with Gasteiger partial charge in [-0.2, -0.15) is 0 Å². The number of hydrogen-bond donors (Lipinski definition) is 1. The number of hydrogen-bond acceptors (Lipinski definition) is 6. The van der Waals surface area contributed by atoms with E-state index < -0.39 is 0 Å². The molecular formula is C21H24N4O4. The van der Waals surface area contributed by atoms with Gasteiger partial charge in [0.15, 0.2) is 5.82 Å².